The van der Waals surface area contributed by atoms with Gasteiger partial charge in [0.25, 0.3) is 0 Å². The molecule has 0 radical (unpaired) electrons. The summed E-state index contributed by atoms with van der Waals surface area (Å²) in [5.41, 5.74) is 1.30. The molecule has 5 nitrogen and oxygen atoms in total. The fourth-order valence-electron chi connectivity index (χ4n) is 1.57. The fourth-order valence-corrected chi connectivity index (χ4v) is 1.57. The van der Waals surface area contributed by atoms with Gasteiger partial charge < -0.3 is 10.3 Å². The van der Waals surface area contributed by atoms with Crippen molar-refractivity contribution in [2.45, 2.75) is 0 Å². The van der Waals surface area contributed by atoms with E-state index in [1.54, 1.807) is 0 Å². The highest BCUT2D eigenvalue weighted by molar-refractivity contribution is 5.84. The second-order valence-corrected chi connectivity index (χ2v) is 3.57. The van der Waals surface area contributed by atoms with E-state index < -0.39 is 6.08 Å². The SMILES string of the molecule is Fc1ccc(Nc2nc(F)nc3nc[nH]c23)cc1. The first-order chi connectivity index (χ1) is 8.72. The van der Waals surface area contributed by atoms with Crippen LogP contribution >= 0.6 is 0 Å². The average Bonchev–Trinajstić information content (AvgIpc) is 2.80. The highest BCUT2D eigenvalue weighted by atomic mass is 19.1. The van der Waals surface area contributed by atoms with E-state index in [1.165, 1.54) is 30.6 Å². The molecule has 0 aliphatic heterocycles. The van der Waals surface area contributed by atoms with E-state index in [4.69, 9.17) is 0 Å². The summed E-state index contributed by atoms with van der Waals surface area (Å²) in [5, 5.41) is 2.87. The minimum absolute atomic E-state index is 0.229. The molecule has 90 valence electrons. The standard InChI is InChI=1S/C11H7F2N5/c12-6-1-3-7(4-2-6)16-10-8-9(15-5-14-8)17-11(13)18-10/h1-5H,(H2,14,15,16,17,18). The second kappa shape index (κ2) is 4.02. The highest BCUT2D eigenvalue weighted by Crippen LogP contribution is 2.21. The highest BCUT2D eigenvalue weighted by Gasteiger charge is 2.09. The summed E-state index contributed by atoms with van der Waals surface area (Å²) in [5.74, 6) is -0.0947. The van der Waals surface area contributed by atoms with E-state index >= 15 is 0 Å². The Morgan fingerprint density at radius 1 is 1.06 bits per heavy atom. The van der Waals surface area contributed by atoms with Gasteiger partial charge in [0.2, 0.25) is 0 Å². The van der Waals surface area contributed by atoms with Crippen LogP contribution in [-0.2, 0) is 0 Å². The van der Waals surface area contributed by atoms with Crippen molar-refractivity contribution in [1.29, 1.82) is 0 Å². The van der Waals surface area contributed by atoms with Gasteiger partial charge in [-0.25, -0.2) is 9.37 Å². The summed E-state index contributed by atoms with van der Waals surface area (Å²) in [7, 11) is 0. The largest absolute Gasteiger partial charge is 0.340 e. The lowest BCUT2D eigenvalue weighted by molar-refractivity contribution is 0.545. The normalized spacial score (nSPS) is 10.8. The Kier molecular flexibility index (Phi) is 2.36. The van der Waals surface area contributed by atoms with Crippen LogP contribution in [0.2, 0.25) is 0 Å². The van der Waals surface area contributed by atoms with Gasteiger partial charge in [0, 0.05) is 5.69 Å². The van der Waals surface area contributed by atoms with E-state index in [0.29, 0.717) is 11.2 Å². The Morgan fingerprint density at radius 2 is 1.83 bits per heavy atom. The van der Waals surface area contributed by atoms with Crippen molar-refractivity contribution in [3.05, 3.63) is 42.5 Å². The van der Waals surface area contributed by atoms with E-state index in [9.17, 15) is 8.78 Å². The third-order valence-electron chi connectivity index (χ3n) is 2.37. The van der Waals surface area contributed by atoms with Crippen molar-refractivity contribution >= 4 is 22.7 Å². The molecular weight excluding hydrogens is 240 g/mol. The lowest BCUT2D eigenvalue weighted by Gasteiger charge is -2.05. The van der Waals surface area contributed by atoms with Crippen LogP contribution in [0.15, 0.2) is 30.6 Å². The maximum atomic E-state index is 13.2. The molecule has 0 amide bonds. The first-order valence-corrected chi connectivity index (χ1v) is 5.11. The number of imidazole rings is 1. The quantitative estimate of drug-likeness (QED) is 0.682. The van der Waals surface area contributed by atoms with Crippen molar-refractivity contribution in [1.82, 2.24) is 19.9 Å². The second-order valence-electron chi connectivity index (χ2n) is 3.57. The molecule has 0 aliphatic carbocycles. The van der Waals surface area contributed by atoms with Crippen LogP contribution in [0.1, 0.15) is 0 Å². The molecule has 3 aromatic rings. The molecule has 2 aromatic heterocycles. The maximum Gasteiger partial charge on any atom is 0.312 e. The number of aromatic nitrogens is 4. The van der Waals surface area contributed by atoms with Crippen molar-refractivity contribution in [3.63, 3.8) is 0 Å². The Morgan fingerprint density at radius 3 is 2.61 bits per heavy atom. The first kappa shape index (κ1) is 10.6. The molecule has 0 aliphatic rings. The predicted molar refractivity (Wildman–Crippen MR) is 61.3 cm³/mol. The number of nitrogens with one attached hydrogen (secondary N) is 2. The Hall–Kier alpha value is -2.57. The number of nitrogens with zero attached hydrogens (tertiary/aromatic N) is 3. The smallest absolute Gasteiger partial charge is 0.312 e. The average molecular weight is 247 g/mol. The summed E-state index contributed by atoms with van der Waals surface area (Å²) < 4.78 is 25.9. The van der Waals surface area contributed by atoms with Crippen LogP contribution in [0.4, 0.5) is 20.3 Å². The van der Waals surface area contributed by atoms with Crippen LogP contribution in [0.3, 0.4) is 0 Å². The van der Waals surface area contributed by atoms with Gasteiger partial charge in [-0.15, -0.1) is 0 Å². The summed E-state index contributed by atoms with van der Waals surface area (Å²) in [6, 6.07) is 5.64. The zero-order chi connectivity index (χ0) is 12.5. The molecule has 0 fully saturated rings. The lowest BCUT2D eigenvalue weighted by Crippen LogP contribution is -1.99. The molecule has 1 aromatic carbocycles. The summed E-state index contributed by atoms with van der Waals surface area (Å²) in [6.07, 6.45) is 0.522. The first-order valence-electron chi connectivity index (χ1n) is 5.11. The van der Waals surface area contributed by atoms with Crippen molar-refractivity contribution in [2.75, 3.05) is 5.32 Å². The van der Waals surface area contributed by atoms with Crippen LogP contribution in [0.25, 0.3) is 11.2 Å². The molecule has 0 atom stereocenters. The van der Waals surface area contributed by atoms with E-state index in [-0.39, 0.29) is 17.3 Å². The van der Waals surface area contributed by atoms with Crippen molar-refractivity contribution < 1.29 is 8.78 Å². The third-order valence-corrected chi connectivity index (χ3v) is 2.37. The summed E-state index contributed by atoms with van der Waals surface area (Å²) >= 11 is 0. The molecule has 0 unspecified atom stereocenters. The topological polar surface area (TPSA) is 66.5 Å². The van der Waals surface area contributed by atoms with Crippen LogP contribution in [0, 0.1) is 11.9 Å². The van der Waals surface area contributed by atoms with Gasteiger partial charge in [0.05, 0.1) is 6.33 Å². The number of rotatable bonds is 2. The van der Waals surface area contributed by atoms with Gasteiger partial charge in [0.15, 0.2) is 11.5 Å². The molecule has 7 heteroatoms. The zero-order valence-corrected chi connectivity index (χ0v) is 8.98. The Bertz CT molecular complexity index is 692. The molecule has 18 heavy (non-hydrogen) atoms. The molecule has 2 N–H and O–H groups in total. The molecule has 0 bridgehead atoms. The maximum absolute atomic E-state index is 13.2. The number of halogens is 2. The number of aromatic amines is 1. The molecule has 0 saturated carbocycles. The van der Waals surface area contributed by atoms with Gasteiger partial charge in [-0.05, 0) is 24.3 Å². The van der Waals surface area contributed by atoms with E-state index in [1.807, 2.05) is 0 Å². The van der Waals surface area contributed by atoms with Gasteiger partial charge in [0.1, 0.15) is 11.3 Å². The van der Waals surface area contributed by atoms with Crippen LogP contribution in [0.5, 0.6) is 0 Å². The van der Waals surface area contributed by atoms with Crippen molar-refractivity contribution in [2.24, 2.45) is 0 Å². The molecule has 2 heterocycles. The van der Waals surface area contributed by atoms with Crippen LogP contribution < -0.4 is 5.32 Å². The van der Waals surface area contributed by atoms with Gasteiger partial charge >= 0.3 is 6.08 Å². The predicted octanol–water partition coefficient (Wildman–Crippen LogP) is 2.37. The zero-order valence-electron chi connectivity index (χ0n) is 8.98. The van der Waals surface area contributed by atoms with E-state index in [0.717, 1.165) is 0 Å². The van der Waals surface area contributed by atoms with Gasteiger partial charge in [-0.1, -0.05) is 0 Å². The van der Waals surface area contributed by atoms with E-state index in [2.05, 4.69) is 25.3 Å². The number of H-pyrrole nitrogens is 1. The fraction of sp³-hybridized carbons (Fsp3) is 0. The minimum atomic E-state index is -0.876. The Balaban J connectivity index is 2.03. The molecule has 0 saturated heterocycles. The minimum Gasteiger partial charge on any atom is -0.340 e. The Labute approximate surface area is 99.9 Å². The van der Waals surface area contributed by atoms with Crippen molar-refractivity contribution in [3.8, 4) is 0 Å². The number of anilines is 2. The molecule has 3 rings (SSSR count). The summed E-state index contributed by atoms with van der Waals surface area (Å²) in [4.78, 5) is 13.8. The lowest BCUT2D eigenvalue weighted by atomic mass is 10.3. The molecular formula is C11H7F2N5. The monoisotopic (exact) mass is 247 g/mol. The third kappa shape index (κ3) is 1.86. The number of benzene rings is 1. The van der Waals surface area contributed by atoms with Gasteiger partial charge in [-0.3, -0.25) is 0 Å². The summed E-state index contributed by atoms with van der Waals surface area (Å²) in [6.45, 7) is 0. The van der Waals surface area contributed by atoms with Gasteiger partial charge in [-0.2, -0.15) is 14.4 Å². The number of fused-ring (bicyclic) bond motifs is 1. The molecule has 0 spiro atoms. The number of hydrogen-bond acceptors (Lipinski definition) is 4. The van der Waals surface area contributed by atoms with Crippen LogP contribution in [-0.4, -0.2) is 19.9 Å². The number of hydrogen-bond donors (Lipinski definition) is 2.